The van der Waals surface area contributed by atoms with Gasteiger partial charge in [-0.2, -0.15) is 0 Å². The van der Waals surface area contributed by atoms with Gasteiger partial charge in [-0.3, -0.25) is 10.1 Å². The predicted octanol–water partition coefficient (Wildman–Crippen LogP) is 7.71. The summed E-state index contributed by atoms with van der Waals surface area (Å²) in [4.78, 5) is 10.7. The maximum absolute atomic E-state index is 11.1. The second kappa shape index (κ2) is 11.3. The van der Waals surface area contributed by atoms with Gasteiger partial charge in [0.25, 0.3) is 5.69 Å². The van der Waals surface area contributed by atoms with E-state index >= 15 is 0 Å². The zero-order valence-corrected chi connectivity index (χ0v) is 23.6. The molecule has 1 aliphatic heterocycles. The Bertz CT molecular complexity index is 1750. The summed E-state index contributed by atoms with van der Waals surface area (Å²) >= 11 is 0. The lowest BCUT2D eigenvalue weighted by Gasteiger charge is -2.18. The van der Waals surface area contributed by atoms with Gasteiger partial charge in [-0.05, 0) is 58.7 Å². The van der Waals surface area contributed by atoms with Gasteiger partial charge in [-0.25, -0.2) is 0 Å². The summed E-state index contributed by atoms with van der Waals surface area (Å²) in [6.07, 6.45) is 0. The van der Waals surface area contributed by atoms with E-state index in [4.69, 9.17) is 4.74 Å². The van der Waals surface area contributed by atoms with Gasteiger partial charge in [-0.1, -0.05) is 97.4 Å². The second-order valence-electron chi connectivity index (χ2n) is 9.89. The van der Waals surface area contributed by atoms with Crippen LogP contribution in [0.1, 0.15) is 22.3 Å². The Morgan fingerprint density at radius 3 is 1.45 bits per heavy atom. The van der Waals surface area contributed by atoms with Gasteiger partial charge < -0.3 is 4.74 Å². The van der Waals surface area contributed by atoms with E-state index in [1.54, 1.807) is 19.2 Å². The summed E-state index contributed by atoms with van der Waals surface area (Å²) in [5.74, 6) is 14.6. The second-order valence-corrected chi connectivity index (χ2v) is 14.1. The number of ether oxygens (including phenoxy) is 1. The average Bonchev–Trinajstić information content (AvgIpc) is 3.21. The van der Waals surface area contributed by atoms with Crippen LogP contribution in [0.4, 0.5) is 5.69 Å². The number of benzene rings is 4. The van der Waals surface area contributed by atoms with Crippen LogP contribution in [0.5, 0.6) is 5.75 Å². The van der Waals surface area contributed by atoms with Crippen molar-refractivity contribution in [1.29, 1.82) is 0 Å². The van der Waals surface area contributed by atoms with Crippen molar-refractivity contribution in [2.75, 3.05) is 7.11 Å². The van der Waals surface area contributed by atoms with Crippen LogP contribution < -0.4 is 4.74 Å². The molecule has 0 aliphatic carbocycles. The van der Waals surface area contributed by atoms with E-state index in [2.05, 4.69) is 73.2 Å². The monoisotopic (exact) mass is 537 g/mol. The molecule has 4 nitrogen and oxygen atoms in total. The van der Waals surface area contributed by atoms with E-state index in [-0.39, 0.29) is 5.69 Å². The number of rotatable bonds is 4. The molecule has 4 aromatic rings. The summed E-state index contributed by atoms with van der Waals surface area (Å²) < 4.78 is 5.31. The van der Waals surface area contributed by atoms with E-state index in [0.29, 0.717) is 0 Å². The lowest BCUT2D eigenvalue weighted by molar-refractivity contribution is -0.384. The Labute approximate surface area is 235 Å². The summed E-state index contributed by atoms with van der Waals surface area (Å²) in [6, 6.07) is 34.9. The van der Waals surface area contributed by atoms with E-state index < -0.39 is 13.0 Å². The number of non-ortho nitro benzene ring substituents is 1. The quantitative estimate of drug-likeness (QED) is 0.116. The molecule has 0 N–H and O–H groups in total. The molecule has 5 heteroatoms. The van der Waals surface area contributed by atoms with Gasteiger partial charge in [0.05, 0.1) is 12.0 Å². The molecule has 5 rings (SSSR count). The molecule has 4 aromatic carbocycles. The van der Waals surface area contributed by atoms with Gasteiger partial charge in [-0.15, -0.1) is 0 Å². The van der Waals surface area contributed by atoms with Crippen molar-refractivity contribution in [2.24, 2.45) is 0 Å². The van der Waals surface area contributed by atoms with Crippen LogP contribution >= 0.6 is 0 Å². The molecule has 0 fully saturated rings. The smallest absolute Gasteiger partial charge is 0.269 e. The Balaban J connectivity index is 1.72. The Morgan fingerprint density at radius 2 is 1.05 bits per heavy atom. The minimum Gasteiger partial charge on any atom is -0.497 e. The topological polar surface area (TPSA) is 52.4 Å². The van der Waals surface area contributed by atoms with Crippen LogP contribution in [-0.4, -0.2) is 20.1 Å². The molecule has 1 heterocycles. The van der Waals surface area contributed by atoms with Crippen LogP contribution in [0, 0.1) is 33.8 Å². The predicted molar refractivity (Wildman–Crippen MR) is 164 cm³/mol. The zero-order valence-electron chi connectivity index (χ0n) is 22.6. The maximum Gasteiger partial charge on any atom is 0.269 e. The highest BCUT2D eigenvalue weighted by atomic mass is 28.3. The van der Waals surface area contributed by atoms with Crippen LogP contribution in [-0.2, 0) is 0 Å². The lowest BCUT2D eigenvalue weighted by Crippen LogP contribution is -2.29. The molecule has 1 aliphatic rings. The number of hydrogen-bond acceptors (Lipinski definition) is 3. The van der Waals surface area contributed by atoms with Crippen molar-refractivity contribution in [3.63, 3.8) is 0 Å². The normalized spacial score (nSPS) is 13.7. The molecule has 0 radical (unpaired) electrons. The molecule has 194 valence electrons. The first-order chi connectivity index (χ1) is 19.4. The summed E-state index contributed by atoms with van der Waals surface area (Å²) in [5, 5.41) is 13.3. The van der Waals surface area contributed by atoms with Crippen LogP contribution in [0.3, 0.4) is 0 Å². The number of hydrogen-bond donors (Lipinski definition) is 0. The maximum atomic E-state index is 11.1. The molecule has 40 heavy (non-hydrogen) atoms. The molecular formula is C35H27NO3Si. The van der Waals surface area contributed by atoms with Crippen molar-refractivity contribution < 1.29 is 9.66 Å². The number of methoxy groups -OCH3 is 1. The van der Waals surface area contributed by atoms with E-state index in [9.17, 15) is 10.1 Å². The standard InChI is InChI=1S/C35H27NO3Si/c1-39-31-22-16-27(17-23-31)19-25-33-35(29-12-8-5-9-13-29)34(28-10-6-4-7-11-28)32(40(33,2)3)24-18-26-14-20-30(21-15-26)36(37)38/h4-17,20-23H,1-3H3. The number of nitrogens with zero attached hydrogens (tertiary/aromatic N) is 1. The minimum absolute atomic E-state index is 0.0504. The Morgan fingerprint density at radius 1 is 0.625 bits per heavy atom. The van der Waals surface area contributed by atoms with E-state index in [1.807, 2.05) is 48.5 Å². The summed E-state index contributed by atoms with van der Waals surface area (Å²) in [5.41, 5.74) is 6.12. The third-order valence-electron chi connectivity index (χ3n) is 6.96. The molecule has 0 bridgehead atoms. The third kappa shape index (κ3) is 5.38. The van der Waals surface area contributed by atoms with Crippen LogP contribution in [0.25, 0.3) is 11.1 Å². The third-order valence-corrected chi connectivity index (χ3v) is 10.2. The van der Waals surface area contributed by atoms with Crippen molar-refractivity contribution >= 4 is 24.9 Å². The summed E-state index contributed by atoms with van der Waals surface area (Å²) in [7, 11) is -0.713. The van der Waals surface area contributed by atoms with Gasteiger partial charge >= 0.3 is 0 Å². The first kappa shape index (κ1) is 26.5. The van der Waals surface area contributed by atoms with Crippen molar-refractivity contribution in [3.8, 4) is 29.4 Å². The molecule has 0 saturated carbocycles. The number of nitro benzene ring substituents is 1. The molecular weight excluding hydrogens is 510 g/mol. The van der Waals surface area contributed by atoms with E-state index in [0.717, 1.165) is 49.5 Å². The van der Waals surface area contributed by atoms with Gasteiger partial charge in [0, 0.05) is 33.7 Å². The van der Waals surface area contributed by atoms with Gasteiger partial charge in [0.1, 0.15) is 13.8 Å². The SMILES string of the molecule is COc1ccc(C#CC2=C(c3ccccc3)C(c3ccccc3)=C(C#Cc3ccc([N+](=O)[O-])cc3)[Si]2(C)C)cc1. The van der Waals surface area contributed by atoms with Crippen molar-refractivity contribution in [2.45, 2.75) is 13.1 Å². The van der Waals surface area contributed by atoms with Crippen LogP contribution in [0.2, 0.25) is 13.1 Å². The van der Waals surface area contributed by atoms with Crippen LogP contribution in [0.15, 0.2) is 120 Å². The highest BCUT2D eigenvalue weighted by molar-refractivity contribution is 6.96. The van der Waals surface area contributed by atoms with Crippen molar-refractivity contribution in [3.05, 3.63) is 152 Å². The molecule has 0 amide bonds. The number of nitro groups is 1. The first-order valence-electron chi connectivity index (χ1n) is 12.9. The van der Waals surface area contributed by atoms with Gasteiger partial charge in [0.2, 0.25) is 0 Å². The fraction of sp³-hybridized carbons (Fsp3) is 0.0857. The zero-order chi connectivity index (χ0) is 28.1. The molecule has 0 saturated heterocycles. The van der Waals surface area contributed by atoms with E-state index in [1.165, 1.54) is 12.1 Å². The Hall–Kier alpha value is -5.10. The lowest BCUT2D eigenvalue weighted by atomic mass is 9.91. The fourth-order valence-electron chi connectivity index (χ4n) is 4.83. The van der Waals surface area contributed by atoms with Crippen molar-refractivity contribution in [1.82, 2.24) is 0 Å². The fourth-order valence-corrected chi connectivity index (χ4v) is 7.62. The number of allylic oxidation sites excluding steroid dienone is 4. The Kier molecular flexibility index (Phi) is 7.51. The highest BCUT2D eigenvalue weighted by Crippen LogP contribution is 2.48. The largest absolute Gasteiger partial charge is 0.497 e. The minimum atomic E-state index is -2.37. The average molecular weight is 538 g/mol. The molecule has 0 atom stereocenters. The van der Waals surface area contributed by atoms with Gasteiger partial charge in [0.15, 0.2) is 0 Å². The molecule has 0 unspecified atom stereocenters. The molecule has 0 spiro atoms. The highest BCUT2D eigenvalue weighted by Gasteiger charge is 2.41. The summed E-state index contributed by atoms with van der Waals surface area (Å²) in [6.45, 7) is 4.59. The first-order valence-corrected chi connectivity index (χ1v) is 15.9. The molecule has 0 aromatic heterocycles.